The predicted molar refractivity (Wildman–Crippen MR) is 71.4 cm³/mol. The predicted octanol–water partition coefficient (Wildman–Crippen LogP) is 1.70. The van der Waals surface area contributed by atoms with Crippen LogP contribution >= 0.6 is 22.6 Å². The van der Waals surface area contributed by atoms with Gasteiger partial charge in [0.2, 0.25) is 0 Å². The minimum Gasteiger partial charge on any atom is -0.390 e. The van der Waals surface area contributed by atoms with Crippen molar-refractivity contribution in [2.45, 2.75) is 13.8 Å². The van der Waals surface area contributed by atoms with Crippen LogP contribution in [0.3, 0.4) is 0 Å². The molecule has 0 unspecified atom stereocenters. The lowest BCUT2D eigenvalue weighted by Gasteiger charge is -2.07. The lowest BCUT2D eigenvalue weighted by Crippen LogP contribution is -2.15. The molecule has 0 atom stereocenters. The fourth-order valence-corrected chi connectivity index (χ4v) is 2.02. The Labute approximate surface area is 122 Å². The molecule has 0 aliphatic rings. The molecule has 0 heterocycles. The van der Waals surface area contributed by atoms with Crippen molar-refractivity contribution in [3.05, 3.63) is 32.9 Å². The third kappa shape index (κ3) is 4.12. The van der Waals surface area contributed by atoms with Crippen molar-refractivity contribution >= 4 is 46.5 Å². The maximum Gasteiger partial charge on any atom is 0.346 e. The first-order valence-electron chi connectivity index (χ1n) is 5.07. The van der Waals surface area contributed by atoms with Crippen LogP contribution in [0.15, 0.2) is 18.2 Å². The molecule has 0 N–H and O–H groups in total. The Bertz CT molecular complexity index is 517. The second kappa shape index (κ2) is 6.41. The van der Waals surface area contributed by atoms with E-state index in [1.165, 1.54) is 18.2 Å². The maximum absolute atomic E-state index is 11.6. The first-order chi connectivity index (χ1) is 8.82. The normalized spacial score (nSPS) is 9.63. The number of carbonyl (C=O) groups is 4. The van der Waals surface area contributed by atoms with Crippen LogP contribution in [-0.4, -0.2) is 23.9 Å². The van der Waals surface area contributed by atoms with Crippen LogP contribution in [0.2, 0.25) is 0 Å². The standard InChI is InChI=1S/C12H9IO6/c1-6(14)18-11(16)8-4-3-5-9(10(8)13)12(17)19-7(2)15/h3-5H,1-2H3. The number of benzene rings is 1. The molecular formula is C12H9IO6. The molecule has 0 fully saturated rings. The van der Waals surface area contributed by atoms with Gasteiger partial charge in [0.05, 0.1) is 11.1 Å². The van der Waals surface area contributed by atoms with Gasteiger partial charge < -0.3 is 9.47 Å². The molecule has 100 valence electrons. The molecule has 0 bridgehead atoms. The summed E-state index contributed by atoms with van der Waals surface area (Å²) in [5.74, 6) is -3.24. The Morgan fingerprint density at radius 1 is 0.895 bits per heavy atom. The van der Waals surface area contributed by atoms with E-state index < -0.39 is 23.9 Å². The maximum atomic E-state index is 11.6. The molecule has 0 aromatic heterocycles. The van der Waals surface area contributed by atoms with E-state index in [9.17, 15) is 19.2 Å². The van der Waals surface area contributed by atoms with E-state index in [4.69, 9.17) is 0 Å². The van der Waals surface area contributed by atoms with Gasteiger partial charge in [-0.05, 0) is 34.7 Å². The van der Waals surface area contributed by atoms with Crippen molar-refractivity contribution in [2.75, 3.05) is 0 Å². The molecule has 0 saturated carbocycles. The van der Waals surface area contributed by atoms with Gasteiger partial charge in [0, 0.05) is 17.4 Å². The van der Waals surface area contributed by atoms with Gasteiger partial charge >= 0.3 is 23.9 Å². The molecular weight excluding hydrogens is 367 g/mol. The van der Waals surface area contributed by atoms with E-state index in [1.54, 1.807) is 22.6 Å². The Hall–Kier alpha value is -1.77. The molecule has 1 aromatic rings. The highest BCUT2D eigenvalue weighted by atomic mass is 127. The van der Waals surface area contributed by atoms with Crippen molar-refractivity contribution in [1.29, 1.82) is 0 Å². The van der Waals surface area contributed by atoms with Crippen LogP contribution in [0, 0.1) is 3.57 Å². The fourth-order valence-electron chi connectivity index (χ4n) is 1.22. The van der Waals surface area contributed by atoms with Crippen LogP contribution in [0.5, 0.6) is 0 Å². The average Bonchev–Trinajstić information content (AvgIpc) is 2.26. The summed E-state index contributed by atoms with van der Waals surface area (Å²) in [6.07, 6.45) is 0. The van der Waals surface area contributed by atoms with Crippen LogP contribution < -0.4 is 0 Å². The van der Waals surface area contributed by atoms with Gasteiger partial charge in [-0.15, -0.1) is 0 Å². The van der Waals surface area contributed by atoms with Crippen LogP contribution in [0.1, 0.15) is 34.6 Å². The molecule has 6 nitrogen and oxygen atoms in total. The van der Waals surface area contributed by atoms with E-state index in [2.05, 4.69) is 9.47 Å². The summed E-state index contributed by atoms with van der Waals surface area (Å²) in [6, 6.07) is 4.23. The minimum absolute atomic E-state index is 0.0498. The van der Waals surface area contributed by atoms with Crippen LogP contribution in [0.25, 0.3) is 0 Å². The van der Waals surface area contributed by atoms with E-state index in [0.717, 1.165) is 13.8 Å². The van der Waals surface area contributed by atoms with E-state index in [-0.39, 0.29) is 14.7 Å². The number of rotatable bonds is 2. The molecule has 0 aliphatic carbocycles. The SMILES string of the molecule is CC(=O)OC(=O)c1cccc(C(=O)OC(C)=O)c1I. The first-order valence-corrected chi connectivity index (χ1v) is 6.14. The minimum atomic E-state index is -0.866. The number of halogens is 1. The van der Waals surface area contributed by atoms with Crippen molar-refractivity contribution in [3.8, 4) is 0 Å². The summed E-state index contributed by atoms with van der Waals surface area (Å²) < 4.78 is 9.11. The number of hydrogen-bond acceptors (Lipinski definition) is 6. The van der Waals surface area contributed by atoms with Crippen molar-refractivity contribution < 1.29 is 28.7 Å². The zero-order valence-corrected chi connectivity index (χ0v) is 12.2. The molecule has 0 saturated heterocycles. The summed E-state index contributed by atoms with van der Waals surface area (Å²) >= 11 is 1.74. The van der Waals surface area contributed by atoms with Gasteiger partial charge in [-0.2, -0.15) is 0 Å². The van der Waals surface area contributed by atoms with E-state index in [0.29, 0.717) is 0 Å². The van der Waals surface area contributed by atoms with Gasteiger partial charge in [-0.25, -0.2) is 9.59 Å². The van der Waals surface area contributed by atoms with Gasteiger partial charge in [0.25, 0.3) is 0 Å². The summed E-state index contributed by atoms with van der Waals surface area (Å²) in [6.45, 7) is 2.19. The molecule has 0 spiro atoms. The third-order valence-electron chi connectivity index (χ3n) is 1.91. The first kappa shape index (κ1) is 15.3. The number of esters is 4. The topological polar surface area (TPSA) is 86.7 Å². The van der Waals surface area contributed by atoms with Gasteiger partial charge in [-0.3, -0.25) is 9.59 Å². The number of ether oxygens (including phenoxy) is 2. The van der Waals surface area contributed by atoms with Gasteiger partial charge in [0.1, 0.15) is 0 Å². The molecule has 1 aromatic carbocycles. The molecule has 0 radical (unpaired) electrons. The quantitative estimate of drug-likeness (QED) is 0.444. The third-order valence-corrected chi connectivity index (χ3v) is 3.07. The Morgan fingerprint density at radius 2 is 1.26 bits per heavy atom. The monoisotopic (exact) mass is 376 g/mol. The zero-order chi connectivity index (χ0) is 14.6. The molecule has 0 aliphatic heterocycles. The summed E-state index contributed by atoms with van der Waals surface area (Å²) in [5.41, 5.74) is 0.0996. The highest BCUT2D eigenvalue weighted by Gasteiger charge is 2.20. The second-order valence-electron chi connectivity index (χ2n) is 3.43. The lowest BCUT2D eigenvalue weighted by molar-refractivity contribution is -0.136. The summed E-state index contributed by atoms with van der Waals surface area (Å²) in [4.78, 5) is 44.7. The van der Waals surface area contributed by atoms with Crippen molar-refractivity contribution in [3.63, 3.8) is 0 Å². The fraction of sp³-hybridized carbons (Fsp3) is 0.167. The van der Waals surface area contributed by atoms with E-state index >= 15 is 0 Å². The lowest BCUT2D eigenvalue weighted by atomic mass is 10.1. The Kier molecular flexibility index (Phi) is 5.16. The average molecular weight is 376 g/mol. The highest BCUT2D eigenvalue weighted by molar-refractivity contribution is 14.1. The second-order valence-corrected chi connectivity index (χ2v) is 4.51. The molecule has 7 heteroatoms. The summed E-state index contributed by atoms with van der Waals surface area (Å²) in [5, 5.41) is 0. The number of hydrogen-bond donors (Lipinski definition) is 0. The number of carbonyl (C=O) groups excluding carboxylic acids is 4. The van der Waals surface area contributed by atoms with Gasteiger partial charge in [0.15, 0.2) is 0 Å². The van der Waals surface area contributed by atoms with Crippen molar-refractivity contribution in [1.82, 2.24) is 0 Å². The zero-order valence-electron chi connectivity index (χ0n) is 10.1. The summed E-state index contributed by atoms with van der Waals surface area (Å²) in [7, 11) is 0. The van der Waals surface area contributed by atoms with Crippen LogP contribution in [-0.2, 0) is 19.1 Å². The molecule has 0 amide bonds. The largest absolute Gasteiger partial charge is 0.390 e. The Balaban J connectivity index is 3.11. The highest BCUT2D eigenvalue weighted by Crippen LogP contribution is 2.19. The molecule has 1 rings (SSSR count). The Morgan fingerprint density at radius 3 is 1.58 bits per heavy atom. The van der Waals surface area contributed by atoms with Crippen LogP contribution in [0.4, 0.5) is 0 Å². The smallest absolute Gasteiger partial charge is 0.346 e. The van der Waals surface area contributed by atoms with Crippen molar-refractivity contribution in [2.24, 2.45) is 0 Å². The molecule has 19 heavy (non-hydrogen) atoms. The van der Waals surface area contributed by atoms with E-state index in [1.807, 2.05) is 0 Å². The van der Waals surface area contributed by atoms with Gasteiger partial charge in [-0.1, -0.05) is 6.07 Å².